The normalized spacial score (nSPS) is 24.1. The summed E-state index contributed by atoms with van der Waals surface area (Å²) in [6.07, 6.45) is 2.19. The number of carbonyl (C=O) groups excluding carboxylic acids is 1. The minimum Gasteiger partial charge on any atom is -0.392 e. The van der Waals surface area contributed by atoms with E-state index in [0.717, 1.165) is 25.9 Å². The predicted octanol–water partition coefficient (Wildman–Crippen LogP) is 0.278. The van der Waals surface area contributed by atoms with E-state index >= 15 is 0 Å². The Labute approximate surface area is 125 Å². The molecule has 3 rings (SSSR count). The number of nitrogens with one attached hydrogen (secondary N) is 2. The van der Waals surface area contributed by atoms with E-state index in [0.29, 0.717) is 19.5 Å². The maximum absolute atomic E-state index is 11.9. The van der Waals surface area contributed by atoms with Gasteiger partial charge in [0.1, 0.15) is 0 Å². The van der Waals surface area contributed by atoms with Crippen LogP contribution in [-0.4, -0.2) is 49.3 Å². The number of fused-ring (bicyclic) bond motifs is 1. The lowest BCUT2D eigenvalue weighted by molar-refractivity contribution is -0.122. The summed E-state index contributed by atoms with van der Waals surface area (Å²) in [4.78, 5) is 14.3. The SMILES string of the molecule is O=C(NCCCN1CCc2ccccc21)[C@@H]1C[C@@H](O)CN1. The second-order valence-corrected chi connectivity index (χ2v) is 5.86. The van der Waals surface area contributed by atoms with Crippen LogP contribution in [-0.2, 0) is 11.2 Å². The zero-order valence-electron chi connectivity index (χ0n) is 12.2. The molecule has 3 N–H and O–H groups in total. The molecule has 0 aliphatic carbocycles. The van der Waals surface area contributed by atoms with Gasteiger partial charge in [0.2, 0.25) is 5.91 Å². The lowest BCUT2D eigenvalue weighted by Crippen LogP contribution is -2.41. The first-order chi connectivity index (χ1) is 10.2. The molecule has 5 nitrogen and oxygen atoms in total. The van der Waals surface area contributed by atoms with Crippen molar-refractivity contribution < 1.29 is 9.90 Å². The van der Waals surface area contributed by atoms with Crippen LogP contribution in [0, 0.1) is 0 Å². The van der Waals surface area contributed by atoms with Gasteiger partial charge in [0.15, 0.2) is 0 Å². The zero-order chi connectivity index (χ0) is 14.7. The largest absolute Gasteiger partial charge is 0.392 e. The van der Waals surface area contributed by atoms with Crippen LogP contribution in [0.15, 0.2) is 24.3 Å². The second kappa shape index (κ2) is 6.45. The van der Waals surface area contributed by atoms with Gasteiger partial charge in [-0.3, -0.25) is 4.79 Å². The molecule has 1 aromatic carbocycles. The van der Waals surface area contributed by atoms with Crippen LogP contribution >= 0.6 is 0 Å². The molecule has 0 bridgehead atoms. The molecule has 0 aromatic heterocycles. The van der Waals surface area contributed by atoms with Crippen molar-refractivity contribution >= 4 is 11.6 Å². The summed E-state index contributed by atoms with van der Waals surface area (Å²) in [5.74, 6) is 0.00775. The maximum atomic E-state index is 11.9. The topological polar surface area (TPSA) is 64.6 Å². The number of nitrogens with zero attached hydrogens (tertiary/aromatic N) is 1. The highest BCUT2D eigenvalue weighted by molar-refractivity contribution is 5.82. The highest BCUT2D eigenvalue weighted by Gasteiger charge is 2.27. The van der Waals surface area contributed by atoms with E-state index in [4.69, 9.17) is 0 Å². The molecule has 1 amide bonds. The molecule has 2 atom stereocenters. The molecule has 1 fully saturated rings. The number of aliphatic hydroxyl groups excluding tert-OH is 1. The fraction of sp³-hybridized carbons (Fsp3) is 0.562. The summed E-state index contributed by atoms with van der Waals surface area (Å²) in [5, 5.41) is 15.4. The van der Waals surface area contributed by atoms with Crippen LogP contribution in [0.2, 0.25) is 0 Å². The number of carbonyl (C=O) groups is 1. The summed E-state index contributed by atoms with van der Waals surface area (Å²) in [6, 6.07) is 8.30. The van der Waals surface area contributed by atoms with Crippen molar-refractivity contribution in [3.63, 3.8) is 0 Å². The molecule has 2 heterocycles. The first-order valence-electron chi connectivity index (χ1n) is 7.76. The number of benzene rings is 1. The fourth-order valence-electron chi connectivity index (χ4n) is 3.16. The molecule has 5 heteroatoms. The highest BCUT2D eigenvalue weighted by atomic mass is 16.3. The van der Waals surface area contributed by atoms with Gasteiger partial charge < -0.3 is 20.6 Å². The van der Waals surface area contributed by atoms with Crippen molar-refractivity contribution in [2.75, 3.05) is 31.1 Å². The van der Waals surface area contributed by atoms with Gasteiger partial charge in [-0.1, -0.05) is 18.2 Å². The Morgan fingerprint density at radius 1 is 1.43 bits per heavy atom. The van der Waals surface area contributed by atoms with Crippen LogP contribution in [0.1, 0.15) is 18.4 Å². The minimum absolute atomic E-state index is 0.00775. The number of hydrogen-bond donors (Lipinski definition) is 3. The Balaban J connectivity index is 1.38. The van der Waals surface area contributed by atoms with Gasteiger partial charge in [-0.15, -0.1) is 0 Å². The predicted molar refractivity (Wildman–Crippen MR) is 82.4 cm³/mol. The second-order valence-electron chi connectivity index (χ2n) is 5.86. The van der Waals surface area contributed by atoms with E-state index in [2.05, 4.69) is 39.8 Å². The average molecular weight is 289 g/mol. The first kappa shape index (κ1) is 14.4. The Morgan fingerprint density at radius 2 is 2.29 bits per heavy atom. The number of rotatable bonds is 5. The van der Waals surface area contributed by atoms with E-state index in [-0.39, 0.29) is 18.1 Å². The van der Waals surface area contributed by atoms with Crippen molar-refractivity contribution in [2.24, 2.45) is 0 Å². The third kappa shape index (κ3) is 3.36. The number of hydrogen-bond acceptors (Lipinski definition) is 4. The third-order valence-corrected chi connectivity index (χ3v) is 4.31. The van der Waals surface area contributed by atoms with Gasteiger partial charge in [0, 0.05) is 31.9 Å². The van der Waals surface area contributed by atoms with Crippen molar-refractivity contribution in [3.05, 3.63) is 29.8 Å². The molecule has 1 saturated heterocycles. The van der Waals surface area contributed by atoms with Crippen molar-refractivity contribution in [1.29, 1.82) is 0 Å². The molecule has 1 aromatic rings. The molecule has 21 heavy (non-hydrogen) atoms. The average Bonchev–Trinajstić information content (AvgIpc) is 3.10. The van der Waals surface area contributed by atoms with Crippen LogP contribution in [0.5, 0.6) is 0 Å². The lowest BCUT2D eigenvalue weighted by Gasteiger charge is -2.19. The maximum Gasteiger partial charge on any atom is 0.237 e. The third-order valence-electron chi connectivity index (χ3n) is 4.31. The van der Waals surface area contributed by atoms with E-state index in [1.54, 1.807) is 0 Å². The monoisotopic (exact) mass is 289 g/mol. The van der Waals surface area contributed by atoms with E-state index in [9.17, 15) is 9.90 Å². The van der Waals surface area contributed by atoms with Crippen LogP contribution in [0.4, 0.5) is 5.69 Å². The summed E-state index contributed by atoms with van der Waals surface area (Å²) < 4.78 is 0. The number of aliphatic hydroxyl groups is 1. The number of amides is 1. The lowest BCUT2D eigenvalue weighted by atomic mass is 10.2. The van der Waals surface area contributed by atoms with Crippen LogP contribution in [0.25, 0.3) is 0 Å². The zero-order valence-corrected chi connectivity index (χ0v) is 12.2. The molecule has 0 saturated carbocycles. The van der Waals surface area contributed by atoms with E-state index in [1.807, 2.05) is 0 Å². The molecule has 0 unspecified atom stereocenters. The van der Waals surface area contributed by atoms with Gasteiger partial charge in [0.25, 0.3) is 0 Å². The minimum atomic E-state index is -0.387. The molecule has 2 aliphatic rings. The highest BCUT2D eigenvalue weighted by Crippen LogP contribution is 2.27. The van der Waals surface area contributed by atoms with Crippen molar-refractivity contribution in [2.45, 2.75) is 31.4 Å². The summed E-state index contributed by atoms with van der Waals surface area (Å²) >= 11 is 0. The Kier molecular flexibility index (Phi) is 4.41. The van der Waals surface area contributed by atoms with Crippen LogP contribution in [0.3, 0.4) is 0 Å². The first-order valence-corrected chi connectivity index (χ1v) is 7.76. The van der Waals surface area contributed by atoms with Gasteiger partial charge >= 0.3 is 0 Å². The standard InChI is InChI=1S/C16H23N3O2/c20-13-10-14(18-11-13)16(21)17-7-3-8-19-9-6-12-4-1-2-5-15(12)19/h1-2,4-5,13-14,18,20H,3,6-11H2,(H,17,21)/t13-,14+/m1/s1. The van der Waals surface area contributed by atoms with Crippen LogP contribution < -0.4 is 15.5 Å². The Morgan fingerprint density at radius 3 is 3.10 bits per heavy atom. The molecule has 2 aliphatic heterocycles. The fourth-order valence-corrected chi connectivity index (χ4v) is 3.16. The number of β-amino-alcohol motifs (C(OH)–C–C–N with tert-alkyl or cyclic N) is 1. The summed E-state index contributed by atoms with van der Waals surface area (Å²) in [7, 11) is 0. The Hall–Kier alpha value is -1.59. The number of para-hydroxylation sites is 1. The molecular weight excluding hydrogens is 266 g/mol. The Bertz CT molecular complexity index is 506. The van der Waals surface area contributed by atoms with E-state index < -0.39 is 0 Å². The quantitative estimate of drug-likeness (QED) is 0.681. The molecule has 0 spiro atoms. The van der Waals surface area contributed by atoms with Gasteiger partial charge in [0.05, 0.1) is 12.1 Å². The molecule has 0 radical (unpaired) electrons. The van der Waals surface area contributed by atoms with Crippen molar-refractivity contribution in [1.82, 2.24) is 10.6 Å². The molecule has 114 valence electrons. The van der Waals surface area contributed by atoms with Gasteiger partial charge in [-0.2, -0.15) is 0 Å². The van der Waals surface area contributed by atoms with E-state index in [1.165, 1.54) is 11.3 Å². The number of anilines is 1. The van der Waals surface area contributed by atoms with Crippen molar-refractivity contribution in [3.8, 4) is 0 Å². The molecular formula is C16H23N3O2. The summed E-state index contributed by atoms with van der Waals surface area (Å²) in [6.45, 7) is 3.25. The van der Waals surface area contributed by atoms with Gasteiger partial charge in [-0.05, 0) is 30.9 Å². The summed E-state index contributed by atoms with van der Waals surface area (Å²) in [5.41, 5.74) is 2.76. The smallest absolute Gasteiger partial charge is 0.237 e. The van der Waals surface area contributed by atoms with Gasteiger partial charge in [-0.25, -0.2) is 0 Å².